The maximum atomic E-state index is 11.5. The zero-order chi connectivity index (χ0) is 14.8. The third kappa shape index (κ3) is 3.67. The molecule has 5 heteroatoms. The zero-order valence-electron chi connectivity index (χ0n) is 12.6. The summed E-state index contributed by atoms with van der Waals surface area (Å²) >= 11 is 0. The van der Waals surface area contributed by atoms with Crippen molar-refractivity contribution in [3.8, 4) is 0 Å². The Morgan fingerprint density at radius 1 is 1.40 bits per heavy atom. The molecule has 2 rings (SSSR count). The minimum absolute atomic E-state index is 0.0793. The lowest BCUT2D eigenvalue weighted by atomic mass is 9.88. The first-order valence-corrected chi connectivity index (χ1v) is 8.55. The Kier molecular flexibility index (Phi) is 4.60. The van der Waals surface area contributed by atoms with E-state index in [-0.39, 0.29) is 11.5 Å². The van der Waals surface area contributed by atoms with Crippen molar-refractivity contribution >= 4 is 21.8 Å². The minimum atomic E-state index is -0.800. The SMILES string of the molecule is CS(=O)CC(NCc1ccnc2[nH]ccc12)C(C)(C)C. The molecule has 0 aliphatic rings. The van der Waals surface area contributed by atoms with Crippen LogP contribution in [0, 0.1) is 5.41 Å². The molecule has 0 aromatic carbocycles. The van der Waals surface area contributed by atoms with E-state index in [9.17, 15) is 4.21 Å². The summed E-state index contributed by atoms with van der Waals surface area (Å²) in [6, 6.07) is 4.30. The lowest BCUT2D eigenvalue weighted by Crippen LogP contribution is -2.43. The molecular weight excluding hydrogens is 270 g/mol. The summed E-state index contributed by atoms with van der Waals surface area (Å²) in [6.45, 7) is 7.29. The van der Waals surface area contributed by atoms with E-state index >= 15 is 0 Å². The van der Waals surface area contributed by atoms with Crippen LogP contribution >= 0.6 is 0 Å². The van der Waals surface area contributed by atoms with Crippen LogP contribution in [0.25, 0.3) is 11.0 Å². The highest BCUT2D eigenvalue weighted by Crippen LogP contribution is 2.21. The van der Waals surface area contributed by atoms with Gasteiger partial charge in [0.2, 0.25) is 0 Å². The van der Waals surface area contributed by atoms with Gasteiger partial charge in [0, 0.05) is 53.2 Å². The highest BCUT2D eigenvalue weighted by atomic mass is 32.2. The monoisotopic (exact) mass is 293 g/mol. The molecule has 0 radical (unpaired) electrons. The van der Waals surface area contributed by atoms with E-state index in [1.54, 1.807) is 6.26 Å². The average molecular weight is 293 g/mol. The summed E-state index contributed by atoms with van der Waals surface area (Å²) in [7, 11) is -0.800. The van der Waals surface area contributed by atoms with Gasteiger partial charge in [-0.3, -0.25) is 4.21 Å². The van der Waals surface area contributed by atoms with Crippen LogP contribution in [-0.2, 0) is 17.3 Å². The zero-order valence-corrected chi connectivity index (χ0v) is 13.4. The number of aromatic amines is 1. The highest BCUT2D eigenvalue weighted by molar-refractivity contribution is 7.84. The number of pyridine rings is 1. The molecule has 2 atom stereocenters. The van der Waals surface area contributed by atoms with Gasteiger partial charge in [-0.15, -0.1) is 0 Å². The maximum absolute atomic E-state index is 11.5. The smallest absolute Gasteiger partial charge is 0.137 e. The number of fused-ring (bicyclic) bond motifs is 1. The molecule has 0 bridgehead atoms. The number of hydrogen-bond donors (Lipinski definition) is 2. The number of hydrogen-bond acceptors (Lipinski definition) is 3. The predicted molar refractivity (Wildman–Crippen MR) is 85.1 cm³/mol. The van der Waals surface area contributed by atoms with E-state index in [0.29, 0.717) is 5.75 Å². The Morgan fingerprint density at radius 2 is 2.15 bits per heavy atom. The fourth-order valence-electron chi connectivity index (χ4n) is 2.26. The molecule has 0 fully saturated rings. The van der Waals surface area contributed by atoms with E-state index < -0.39 is 10.8 Å². The van der Waals surface area contributed by atoms with Crippen LogP contribution in [0.2, 0.25) is 0 Å². The summed E-state index contributed by atoms with van der Waals surface area (Å²) in [5.74, 6) is 0.671. The molecular formula is C15H23N3OS. The highest BCUT2D eigenvalue weighted by Gasteiger charge is 2.25. The maximum Gasteiger partial charge on any atom is 0.137 e. The van der Waals surface area contributed by atoms with Gasteiger partial charge in [0.1, 0.15) is 5.65 Å². The van der Waals surface area contributed by atoms with Gasteiger partial charge >= 0.3 is 0 Å². The molecule has 0 spiro atoms. The summed E-state index contributed by atoms with van der Waals surface area (Å²) in [6.07, 6.45) is 5.49. The van der Waals surface area contributed by atoms with Crippen molar-refractivity contribution < 1.29 is 4.21 Å². The second-order valence-corrected chi connectivity index (χ2v) is 7.73. The van der Waals surface area contributed by atoms with E-state index in [1.165, 1.54) is 5.56 Å². The first-order valence-electron chi connectivity index (χ1n) is 6.82. The topological polar surface area (TPSA) is 57.8 Å². The Hall–Kier alpha value is -1.20. The van der Waals surface area contributed by atoms with E-state index in [1.807, 2.05) is 24.5 Å². The van der Waals surface area contributed by atoms with Gasteiger partial charge in [0.25, 0.3) is 0 Å². The molecule has 110 valence electrons. The van der Waals surface area contributed by atoms with E-state index in [4.69, 9.17) is 0 Å². The van der Waals surface area contributed by atoms with Crippen molar-refractivity contribution in [1.82, 2.24) is 15.3 Å². The third-order valence-corrected chi connectivity index (χ3v) is 4.34. The van der Waals surface area contributed by atoms with Crippen LogP contribution in [0.3, 0.4) is 0 Å². The molecule has 0 aliphatic carbocycles. The van der Waals surface area contributed by atoms with Gasteiger partial charge in [-0.2, -0.15) is 0 Å². The molecule has 2 unspecified atom stereocenters. The van der Waals surface area contributed by atoms with Crippen LogP contribution in [0.15, 0.2) is 24.5 Å². The lowest BCUT2D eigenvalue weighted by molar-refractivity contribution is 0.288. The third-order valence-electron chi connectivity index (χ3n) is 3.54. The summed E-state index contributed by atoms with van der Waals surface area (Å²) < 4.78 is 11.5. The molecule has 2 aromatic rings. The van der Waals surface area contributed by atoms with Gasteiger partial charge < -0.3 is 10.3 Å². The molecule has 2 aromatic heterocycles. The average Bonchev–Trinajstić information content (AvgIpc) is 2.81. The standard InChI is InChI=1S/C15H23N3OS/c1-15(2,3)13(10-20(4)19)18-9-11-5-7-16-14-12(11)6-8-17-14/h5-8,13,18H,9-10H2,1-4H3,(H,16,17). The number of aromatic nitrogens is 2. The molecule has 2 N–H and O–H groups in total. The Bertz CT molecular complexity index is 600. The largest absolute Gasteiger partial charge is 0.346 e. The second kappa shape index (κ2) is 6.06. The van der Waals surface area contributed by atoms with Crippen LogP contribution in [0.5, 0.6) is 0 Å². The van der Waals surface area contributed by atoms with Crippen molar-refractivity contribution in [3.05, 3.63) is 30.1 Å². The number of rotatable bonds is 5. The van der Waals surface area contributed by atoms with Gasteiger partial charge in [-0.1, -0.05) is 20.8 Å². The van der Waals surface area contributed by atoms with Crippen molar-refractivity contribution in [3.63, 3.8) is 0 Å². The number of nitrogens with zero attached hydrogens (tertiary/aromatic N) is 1. The minimum Gasteiger partial charge on any atom is -0.346 e. The summed E-state index contributed by atoms with van der Waals surface area (Å²) in [4.78, 5) is 7.42. The van der Waals surface area contributed by atoms with Gasteiger partial charge in [0.05, 0.1) is 0 Å². The molecule has 2 heterocycles. The Labute approximate surface area is 122 Å². The lowest BCUT2D eigenvalue weighted by Gasteiger charge is -2.31. The number of nitrogens with one attached hydrogen (secondary N) is 2. The van der Waals surface area contributed by atoms with Crippen LogP contribution < -0.4 is 5.32 Å². The molecule has 0 saturated heterocycles. The van der Waals surface area contributed by atoms with E-state index in [0.717, 1.165) is 17.6 Å². The molecule has 0 saturated carbocycles. The Balaban J connectivity index is 2.13. The molecule has 4 nitrogen and oxygen atoms in total. The van der Waals surface area contributed by atoms with Gasteiger partial charge in [0.15, 0.2) is 0 Å². The number of H-pyrrole nitrogens is 1. The second-order valence-electron chi connectivity index (χ2n) is 6.25. The van der Waals surface area contributed by atoms with Crippen molar-refractivity contribution in [2.24, 2.45) is 5.41 Å². The van der Waals surface area contributed by atoms with Crippen LogP contribution in [0.4, 0.5) is 0 Å². The van der Waals surface area contributed by atoms with Gasteiger partial charge in [-0.05, 0) is 23.1 Å². The fourth-order valence-corrected chi connectivity index (χ4v) is 3.34. The van der Waals surface area contributed by atoms with Crippen LogP contribution in [0.1, 0.15) is 26.3 Å². The first kappa shape index (κ1) is 15.2. The predicted octanol–water partition coefficient (Wildman–Crippen LogP) is 2.45. The van der Waals surface area contributed by atoms with E-state index in [2.05, 4.69) is 36.1 Å². The van der Waals surface area contributed by atoms with Crippen LogP contribution in [-0.4, -0.2) is 32.2 Å². The molecule has 20 heavy (non-hydrogen) atoms. The summed E-state index contributed by atoms with van der Waals surface area (Å²) in [5, 5.41) is 4.70. The van der Waals surface area contributed by atoms with Crippen molar-refractivity contribution in [2.75, 3.05) is 12.0 Å². The van der Waals surface area contributed by atoms with Crippen molar-refractivity contribution in [2.45, 2.75) is 33.4 Å². The quantitative estimate of drug-likeness (QED) is 0.890. The molecule has 0 aliphatic heterocycles. The Morgan fingerprint density at radius 3 is 2.80 bits per heavy atom. The summed E-state index contributed by atoms with van der Waals surface area (Å²) in [5.41, 5.74) is 2.21. The first-order chi connectivity index (χ1) is 9.38. The molecule has 0 amide bonds. The van der Waals surface area contributed by atoms with Gasteiger partial charge in [-0.25, -0.2) is 4.98 Å². The normalized spacial score (nSPS) is 15.4. The van der Waals surface area contributed by atoms with Crippen molar-refractivity contribution in [1.29, 1.82) is 0 Å². The fraction of sp³-hybridized carbons (Fsp3) is 0.533.